The van der Waals surface area contributed by atoms with Gasteiger partial charge in [-0.1, -0.05) is 47.1 Å². The highest BCUT2D eigenvalue weighted by Gasteiger charge is 2.26. The third-order valence-corrected chi connectivity index (χ3v) is 6.44. The molecule has 0 N–H and O–H groups in total. The van der Waals surface area contributed by atoms with Gasteiger partial charge in [-0.25, -0.2) is 4.98 Å². The van der Waals surface area contributed by atoms with Crippen molar-refractivity contribution in [2.24, 2.45) is 0 Å². The van der Waals surface area contributed by atoms with Crippen LogP contribution in [0.5, 0.6) is 0 Å². The highest BCUT2D eigenvalue weighted by molar-refractivity contribution is 8.16. The Hall–Kier alpha value is -2.59. The van der Waals surface area contributed by atoms with Crippen molar-refractivity contribution in [3.63, 3.8) is 0 Å². The fraction of sp³-hybridized carbons (Fsp3) is 0.143. The van der Waals surface area contributed by atoms with E-state index < -0.39 is 0 Å². The SMILES string of the molecule is Cc1cncn1C(C)C1=CC=S(c2ccccc2)N1c1ccccc1. The van der Waals surface area contributed by atoms with E-state index in [1.165, 1.54) is 22.0 Å². The van der Waals surface area contributed by atoms with E-state index in [0.29, 0.717) is 0 Å². The van der Waals surface area contributed by atoms with Crippen molar-refractivity contribution in [2.75, 3.05) is 4.31 Å². The van der Waals surface area contributed by atoms with E-state index in [1.807, 2.05) is 12.5 Å². The van der Waals surface area contributed by atoms with Crippen molar-refractivity contribution in [2.45, 2.75) is 24.8 Å². The number of allylic oxidation sites excluding steroid dienone is 2. The molecule has 126 valence electrons. The van der Waals surface area contributed by atoms with Crippen molar-refractivity contribution in [3.05, 3.63) is 90.7 Å². The molecule has 0 radical (unpaired) electrons. The Kier molecular flexibility index (Phi) is 4.28. The third-order valence-electron chi connectivity index (χ3n) is 4.48. The van der Waals surface area contributed by atoms with Crippen LogP contribution in [0.2, 0.25) is 0 Å². The van der Waals surface area contributed by atoms with E-state index >= 15 is 0 Å². The second-order valence-corrected chi connectivity index (χ2v) is 7.84. The molecular formula is C21H21N3S. The van der Waals surface area contributed by atoms with Gasteiger partial charge in [0.15, 0.2) is 0 Å². The third kappa shape index (κ3) is 2.94. The Morgan fingerprint density at radius 3 is 2.28 bits per heavy atom. The predicted molar refractivity (Wildman–Crippen MR) is 107 cm³/mol. The minimum absolute atomic E-state index is 0.116. The molecule has 0 amide bonds. The first-order chi connectivity index (χ1) is 12.3. The summed E-state index contributed by atoms with van der Waals surface area (Å²) in [5.74, 6) is 0. The standard InChI is InChI=1S/C21H21N3S/c1-17-15-22-16-23(17)18(2)21-13-14-25(20-11-7-4-8-12-20)24(21)19-9-5-3-6-10-19/h3-16,18H,1-2H3. The molecule has 1 aromatic heterocycles. The molecule has 0 fully saturated rings. The molecular weight excluding hydrogens is 326 g/mol. The van der Waals surface area contributed by atoms with Crippen molar-refractivity contribution >= 4 is 21.7 Å². The molecule has 3 aromatic rings. The Bertz CT molecular complexity index is 926. The maximum Gasteiger partial charge on any atom is 0.0954 e. The average molecular weight is 347 g/mol. The lowest BCUT2D eigenvalue weighted by Crippen LogP contribution is -2.21. The van der Waals surface area contributed by atoms with Crippen LogP contribution in [0.1, 0.15) is 18.7 Å². The first kappa shape index (κ1) is 15.9. The number of aryl methyl sites for hydroxylation is 1. The zero-order chi connectivity index (χ0) is 17.2. The van der Waals surface area contributed by atoms with Crippen LogP contribution in [-0.4, -0.2) is 14.9 Å². The first-order valence-electron chi connectivity index (χ1n) is 8.42. The van der Waals surface area contributed by atoms with E-state index in [-0.39, 0.29) is 16.7 Å². The van der Waals surface area contributed by atoms with Gasteiger partial charge in [0.05, 0.1) is 23.8 Å². The molecule has 0 spiro atoms. The summed E-state index contributed by atoms with van der Waals surface area (Å²) in [6.45, 7) is 4.34. The van der Waals surface area contributed by atoms with Crippen LogP contribution in [0, 0.1) is 6.92 Å². The Labute approximate surface area is 151 Å². The van der Waals surface area contributed by atoms with Gasteiger partial charge in [-0.15, -0.1) is 0 Å². The Morgan fingerprint density at radius 2 is 1.64 bits per heavy atom. The average Bonchev–Trinajstić information content (AvgIpc) is 3.29. The minimum atomic E-state index is -0.116. The highest BCUT2D eigenvalue weighted by atomic mass is 32.2. The number of hydrogen-bond donors (Lipinski definition) is 0. The van der Waals surface area contributed by atoms with E-state index in [1.54, 1.807) is 0 Å². The topological polar surface area (TPSA) is 21.1 Å². The number of nitrogens with zero attached hydrogens (tertiary/aromatic N) is 3. The molecule has 2 heterocycles. The molecule has 25 heavy (non-hydrogen) atoms. The molecule has 0 saturated carbocycles. The van der Waals surface area contributed by atoms with Crippen LogP contribution in [0.25, 0.3) is 0 Å². The monoisotopic (exact) mass is 347 g/mol. The van der Waals surface area contributed by atoms with Gasteiger partial charge in [0.25, 0.3) is 0 Å². The molecule has 2 aromatic carbocycles. The molecule has 0 aliphatic carbocycles. The van der Waals surface area contributed by atoms with E-state index in [2.05, 4.69) is 99.8 Å². The highest BCUT2D eigenvalue weighted by Crippen LogP contribution is 2.44. The van der Waals surface area contributed by atoms with Crippen molar-refractivity contribution in [1.29, 1.82) is 0 Å². The van der Waals surface area contributed by atoms with E-state index in [0.717, 1.165) is 0 Å². The summed E-state index contributed by atoms with van der Waals surface area (Å²) in [6, 6.07) is 21.6. The lowest BCUT2D eigenvalue weighted by molar-refractivity contribution is 0.607. The van der Waals surface area contributed by atoms with Crippen LogP contribution in [0.4, 0.5) is 5.69 Å². The summed E-state index contributed by atoms with van der Waals surface area (Å²) in [6.07, 6.45) is 6.11. The minimum Gasteiger partial charge on any atom is -0.326 e. The summed E-state index contributed by atoms with van der Waals surface area (Å²) >= 11 is 0. The van der Waals surface area contributed by atoms with Gasteiger partial charge >= 0.3 is 0 Å². The number of rotatable bonds is 4. The Balaban J connectivity index is 1.77. The number of aromatic nitrogens is 2. The van der Waals surface area contributed by atoms with Crippen LogP contribution in [0.15, 0.2) is 89.9 Å². The van der Waals surface area contributed by atoms with Gasteiger partial charge < -0.3 is 4.57 Å². The number of benzene rings is 2. The zero-order valence-corrected chi connectivity index (χ0v) is 15.2. The molecule has 2 unspecified atom stereocenters. The van der Waals surface area contributed by atoms with Gasteiger partial charge in [0.2, 0.25) is 0 Å². The van der Waals surface area contributed by atoms with Crippen LogP contribution < -0.4 is 4.31 Å². The molecule has 4 rings (SSSR count). The summed E-state index contributed by atoms with van der Waals surface area (Å²) in [4.78, 5) is 5.62. The largest absolute Gasteiger partial charge is 0.326 e. The molecule has 3 nitrogen and oxygen atoms in total. The van der Waals surface area contributed by atoms with Crippen LogP contribution in [0.3, 0.4) is 0 Å². The summed E-state index contributed by atoms with van der Waals surface area (Å²) in [5, 5.41) is 2.32. The molecule has 4 heteroatoms. The molecule has 2 atom stereocenters. The number of anilines is 1. The number of hydrogen-bond acceptors (Lipinski definition) is 2. The Morgan fingerprint density at radius 1 is 0.960 bits per heavy atom. The van der Waals surface area contributed by atoms with Gasteiger partial charge in [-0.2, -0.15) is 0 Å². The number of imidazole rings is 1. The fourth-order valence-corrected chi connectivity index (χ4v) is 5.16. The summed E-state index contributed by atoms with van der Waals surface area (Å²) < 4.78 is 4.69. The summed E-state index contributed by atoms with van der Waals surface area (Å²) in [5.41, 5.74) is 3.69. The second-order valence-electron chi connectivity index (χ2n) is 6.10. The van der Waals surface area contributed by atoms with Gasteiger partial charge in [-0.05, 0) is 49.6 Å². The second kappa shape index (κ2) is 6.73. The van der Waals surface area contributed by atoms with Gasteiger partial charge in [-0.3, -0.25) is 4.31 Å². The van der Waals surface area contributed by atoms with Gasteiger partial charge in [0, 0.05) is 16.8 Å². The van der Waals surface area contributed by atoms with Gasteiger partial charge in [0.1, 0.15) is 0 Å². The molecule has 0 saturated heterocycles. The zero-order valence-electron chi connectivity index (χ0n) is 14.4. The maximum absolute atomic E-state index is 4.30. The molecule has 1 aliphatic heterocycles. The van der Waals surface area contributed by atoms with Crippen LogP contribution >= 0.6 is 10.7 Å². The maximum atomic E-state index is 4.30. The lowest BCUT2D eigenvalue weighted by atomic mass is 10.2. The molecule has 1 aliphatic rings. The van der Waals surface area contributed by atoms with Crippen molar-refractivity contribution < 1.29 is 0 Å². The van der Waals surface area contributed by atoms with E-state index in [4.69, 9.17) is 0 Å². The number of para-hydroxylation sites is 1. The first-order valence-corrected chi connectivity index (χ1v) is 9.67. The quantitative estimate of drug-likeness (QED) is 0.605. The van der Waals surface area contributed by atoms with E-state index in [9.17, 15) is 0 Å². The lowest BCUT2D eigenvalue weighted by Gasteiger charge is -2.31. The van der Waals surface area contributed by atoms with Crippen molar-refractivity contribution in [3.8, 4) is 0 Å². The normalized spacial score (nSPS) is 17.9. The fourth-order valence-electron chi connectivity index (χ4n) is 3.17. The predicted octanol–water partition coefficient (Wildman–Crippen LogP) is 5.20. The summed E-state index contributed by atoms with van der Waals surface area (Å²) in [7, 11) is -0.116. The van der Waals surface area contributed by atoms with Crippen molar-refractivity contribution in [1.82, 2.24) is 9.55 Å². The van der Waals surface area contributed by atoms with Crippen LogP contribution in [-0.2, 0) is 0 Å². The molecule has 0 bridgehead atoms. The smallest absolute Gasteiger partial charge is 0.0954 e.